The molecule has 0 aliphatic heterocycles. The molecule has 0 spiro atoms. The summed E-state index contributed by atoms with van der Waals surface area (Å²) in [5, 5.41) is 0. The number of ether oxygens (including phenoxy) is 1. The number of Topliss-reactive ketones (excluding diaryl/α,β-unsaturated/α-hetero) is 1. The van der Waals surface area contributed by atoms with Crippen LogP contribution in [-0.4, -0.2) is 12.4 Å². The summed E-state index contributed by atoms with van der Waals surface area (Å²) >= 11 is 3.29. The van der Waals surface area contributed by atoms with Crippen molar-refractivity contribution >= 4 is 21.7 Å². The topological polar surface area (TPSA) is 26.3 Å². The van der Waals surface area contributed by atoms with E-state index in [1.165, 1.54) is 12.1 Å². The molecular weight excluding hydrogens is 342 g/mol. The van der Waals surface area contributed by atoms with Gasteiger partial charge in [-0.15, -0.1) is 0 Å². The van der Waals surface area contributed by atoms with Crippen molar-refractivity contribution in [3.05, 3.63) is 63.6 Å². The molecule has 21 heavy (non-hydrogen) atoms. The Balaban J connectivity index is 2.32. The summed E-state index contributed by atoms with van der Waals surface area (Å²) in [6, 6.07) is 8.84. The first-order chi connectivity index (χ1) is 10.0. The predicted molar refractivity (Wildman–Crippen MR) is 79.7 cm³/mol. The Labute approximate surface area is 129 Å². The van der Waals surface area contributed by atoms with E-state index in [0.717, 1.165) is 6.07 Å². The minimum absolute atomic E-state index is 0.0300. The second-order valence-corrected chi connectivity index (χ2v) is 5.30. The second kappa shape index (κ2) is 6.80. The van der Waals surface area contributed by atoms with E-state index in [2.05, 4.69) is 15.9 Å². The number of hydrogen-bond acceptors (Lipinski definition) is 2. The van der Waals surface area contributed by atoms with E-state index in [9.17, 15) is 13.6 Å². The van der Waals surface area contributed by atoms with Crippen LogP contribution in [0.2, 0.25) is 0 Å². The van der Waals surface area contributed by atoms with Gasteiger partial charge in [-0.05, 0) is 36.8 Å². The zero-order valence-electron chi connectivity index (χ0n) is 11.3. The molecule has 0 unspecified atom stereocenters. The maximum absolute atomic E-state index is 13.6. The zero-order valence-corrected chi connectivity index (χ0v) is 12.9. The molecule has 0 heterocycles. The maximum Gasteiger partial charge on any atom is 0.171 e. The van der Waals surface area contributed by atoms with E-state index < -0.39 is 11.6 Å². The largest absolute Gasteiger partial charge is 0.493 e. The van der Waals surface area contributed by atoms with Crippen LogP contribution in [-0.2, 0) is 6.42 Å². The van der Waals surface area contributed by atoms with Gasteiger partial charge in [-0.3, -0.25) is 4.79 Å². The van der Waals surface area contributed by atoms with E-state index in [0.29, 0.717) is 22.4 Å². The second-order valence-electron chi connectivity index (χ2n) is 4.39. The van der Waals surface area contributed by atoms with Gasteiger partial charge in [0.15, 0.2) is 17.4 Å². The summed E-state index contributed by atoms with van der Waals surface area (Å²) in [6.07, 6.45) is -0.222. The van der Waals surface area contributed by atoms with Crippen molar-refractivity contribution in [3.8, 4) is 5.75 Å². The van der Waals surface area contributed by atoms with E-state index in [-0.39, 0.29) is 17.8 Å². The third kappa shape index (κ3) is 3.67. The molecule has 2 aromatic rings. The SMILES string of the molecule is CCOc1ccc(Br)cc1C(=O)Cc1cccc(F)c1F. The highest BCUT2D eigenvalue weighted by molar-refractivity contribution is 9.10. The fraction of sp³-hybridized carbons (Fsp3) is 0.188. The summed E-state index contributed by atoms with van der Waals surface area (Å²) in [6.45, 7) is 2.22. The zero-order chi connectivity index (χ0) is 15.4. The Morgan fingerprint density at radius 2 is 2.00 bits per heavy atom. The van der Waals surface area contributed by atoms with Crippen LogP contribution >= 0.6 is 15.9 Å². The fourth-order valence-electron chi connectivity index (χ4n) is 1.95. The van der Waals surface area contributed by atoms with E-state index in [1.54, 1.807) is 18.2 Å². The lowest BCUT2D eigenvalue weighted by Crippen LogP contribution is -2.09. The molecule has 0 aliphatic rings. The van der Waals surface area contributed by atoms with Crippen molar-refractivity contribution in [2.45, 2.75) is 13.3 Å². The quantitative estimate of drug-likeness (QED) is 0.736. The van der Waals surface area contributed by atoms with Crippen LogP contribution in [0, 0.1) is 11.6 Å². The van der Waals surface area contributed by atoms with Gasteiger partial charge in [0, 0.05) is 10.9 Å². The molecule has 0 fully saturated rings. The Bertz CT molecular complexity index is 671. The number of ketones is 1. The average molecular weight is 355 g/mol. The fourth-order valence-corrected chi connectivity index (χ4v) is 2.32. The Morgan fingerprint density at radius 1 is 1.24 bits per heavy atom. The highest BCUT2D eigenvalue weighted by Crippen LogP contribution is 2.25. The predicted octanol–water partition coefficient (Wildman–Crippen LogP) is 4.55. The summed E-state index contributed by atoms with van der Waals surface area (Å²) in [4.78, 5) is 12.3. The van der Waals surface area contributed by atoms with Gasteiger partial charge in [-0.1, -0.05) is 28.1 Å². The van der Waals surface area contributed by atoms with Gasteiger partial charge in [0.1, 0.15) is 5.75 Å². The smallest absolute Gasteiger partial charge is 0.171 e. The number of carbonyl (C=O) groups is 1. The molecule has 0 saturated carbocycles. The number of halogens is 3. The molecular formula is C16H13BrF2O2. The number of carbonyl (C=O) groups excluding carboxylic acids is 1. The maximum atomic E-state index is 13.6. The minimum Gasteiger partial charge on any atom is -0.493 e. The molecule has 2 rings (SSSR count). The first-order valence-electron chi connectivity index (χ1n) is 6.41. The molecule has 0 bridgehead atoms. The average Bonchev–Trinajstić information content (AvgIpc) is 2.46. The first-order valence-corrected chi connectivity index (χ1v) is 7.20. The lowest BCUT2D eigenvalue weighted by Gasteiger charge is -2.10. The van der Waals surface area contributed by atoms with E-state index >= 15 is 0 Å². The Morgan fingerprint density at radius 3 is 2.71 bits per heavy atom. The summed E-state index contributed by atoms with van der Waals surface area (Å²) < 4.78 is 32.9. The molecule has 2 nitrogen and oxygen atoms in total. The van der Waals surface area contributed by atoms with Gasteiger partial charge in [0.05, 0.1) is 12.2 Å². The molecule has 0 atom stereocenters. The molecule has 0 aliphatic carbocycles. The monoisotopic (exact) mass is 354 g/mol. The van der Waals surface area contributed by atoms with E-state index in [4.69, 9.17) is 4.74 Å². The molecule has 2 aromatic carbocycles. The molecule has 0 N–H and O–H groups in total. The van der Waals surface area contributed by atoms with Crippen LogP contribution in [0.4, 0.5) is 8.78 Å². The standard InChI is InChI=1S/C16H13BrF2O2/c1-2-21-15-7-6-11(17)9-12(15)14(20)8-10-4-3-5-13(18)16(10)19/h3-7,9H,2,8H2,1H3. The molecule has 0 radical (unpaired) electrons. The van der Waals surface area contributed by atoms with Crippen LogP contribution in [0.5, 0.6) is 5.75 Å². The van der Waals surface area contributed by atoms with Crippen LogP contribution in [0.25, 0.3) is 0 Å². The molecule has 0 amide bonds. The van der Waals surface area contributed by atoms with Gasteiger partial charge < -0.3 is 4.74 Å². The van der Waals surface area contributed by atoms with Crippen LogP contribution in [0.3, 0.4) is 0 Å². The van der Waals surface area contributed by atoms with Crippen LogP contribution in [0.1, 0.15) is 22.8 Å². The highest BCUT2D eigenvalue weighted by atomic mass is 79.9. The Hall–Kier alpha value is -1.75. The van der Waals surface area contributed by atoms with E-state index in [1.807, 2.05) is 6.92 Å². The summed E-state index contributed by atoms with van der Waals surface area (Å²) in [7, 11) is 0. The lowest BCUT2D eigenvalue weighted by atomic mass is 10.0. The van der Waals surface area contributed by atoms with Gasteiger partial charge in [0.25, 0.3) is 0 Å². The molecule has 0 saturated heterocycles. The third-order valence-electron chi connectivity index (χ3n) is 2.92. The van der Waals surface area contributed by atoms with Gasteiger partial charge in [-0.2, -0.15) is 0 Å². The highest BCUT2D eigenvalue weighted by Gasteiger charge is 2.17. The van der Waals surface area contributed by atoms with Crippen molar-refractivity contribution in [1.82, 2.24) is 0 Å². The van der Waals surface area contributed by atoms with Crippen molar-refractivity contribution in [2.24, 2.45) is 0 Å². The van der Waals surface area contributed by atoms with Gasteiger partial charge >= 0.3 is 0 Å². The molecule has 0 aromatic heterocycles. The van der Waals surface area contributed by atoms with Crippen molar-refractivity contribution in [1.29, 1.82) is 0 Å². The molecule has 5 heteroatoms. The number of hydrogen-bond donors (Lipinski definition) is 0. The van der Waals surface area contributed by atoms with Gasteiger partial charge in [-0.25, -0.2) is 8.78 Å². The van der Waals surface area contributed by atoms with Crippen LogP contribution < -0.4 is 4.74 Å². The van der Waals surface area contributed by atoms with Crippen LogP contribution in [0.15, 0.2) is 40.9 Å². The minimum atomic E-state index is -0.987. The number of rotatable bonds is 5. The summed E-state index contributed by atoms with van der Waals surface area (Å²) in [5.74, 6) is -1.84. The first kappa shape index (κ1) is 15.6. The van der Waals surface area contributed by atoms with Crippen molar-refractivity contribution in [2.75, 3.05) is 6.61 Å². The summed E-state index contributed by atoms with van der Waals surface area (Å²) in [5.41, 5.74) is 0.373. The molecule has 110 valence electrons. The van der Waals surface area contributed by atoms with Crippen molar-refractivity contribution < 1.29 is 18.3 Å². The number of benzene rings is 2. The normalized spacial score (nSPS) is 10.5. The van der Waals surface area contributed by atoms with Crippen molar-refractivity contribution in [3.63, 3.8) is 0 Å². The Kier molecular flexibility index (Phi) is 5.07. The lowest BCUT2D eigenvalue weighted by molar-refractivity contribution is 0.0988. The third-order valence-corrected chi connectivity index (χ3v) is 3.42. The van der Waals surface area contributed by atoms with Gasteiger partial charge in [0.2, 0.25) is 0 Å².